The molecule has 3 N–H and O–H groups in total. The first-order chi connectivity index (χ1) is 43.7. The number of aromatic carboxylic acids is 1. The molecule has 466 valence electrons. The number of hydrogen-bond acceptors (Lipinski definition) is 3. The van der Waals surface area contributed by atoms with Gasteiger partial charge in [0.15, 0.2) is 0 Å². The average Bonchev–Trinajstić information content (AvgIpc) is 1.74. The lowest BCUT2D eigenvalue weighted by molar-refractivity contribution is 0.0696. The second kappa shape index (κ2) is 23.1. The fourth-order valence-corrected chi connectivity index (χ4v) is 12.5. The largest absolute Gasteiger partial charge is 0.478 e. The zero-order valence-corrected chi connectivity index (χ0v) is 57.5. The highest BCUT2D eigenvalue weighted by Crippen LogP contribution is 2.44. The van der Waals surface area contributed by atoms with Crippen molar-refractivity contribution in [3.63, 3.8) is 0 Å². The number of fused-ring (bicyclic) bond motifs is 10. The van der Waals surface area contributed by atoms with E-state index in [0.29, 0.717) is 0 Å². The van der Waals surface area contributed by atoms with Gasteiger partial charge in [0.25, 0.3) is 0 Å². The van der Waals surface area contributed by atoms with Gasteiger partial charge in [0.2, 0.25) is 0 Å². The van der Waals surface area contributed by atoms with Crippen molar-refractivity contribution < 1.29 is 9.90 Å². The highest BCUT2D eigenvalue weighted by atomic mass is 16.4. The molecule has 0 saturated carbocycles. The van der Waals surface area contributed by atoms with E-state index in [1.165, 1.54) is 33.4 Å². The zero-order valence-electron chi connectivity index (χ0n) is 57.5. The van der Waals surface area contributed by atoms with Gasteiger partial charge in [0, 0.05) is 49.9 Å². The van der Waals surface area contributed by atoms with Crippen LogP contribution in [0.15, 0.2) is 152 Å². The average molecular weight is 1220 g/mol. The first kappa shape index (κ1) is 63.4. The van der Waals surface area contributed by atoms with E-state index >= 15 is 0 Å². The number of carboxylic acid groups (broad SMARTS) is 1. The predicted molar refractivity (Wildman–Crippen MR) is 394 cm³/mol. The van der Waals surface area contributed by atoms with Crippen LogP contribution in [-0.4, -0.2) is 31.0 Å². The molecule has 0 amide bonds. The lowest BCUT2D eigenvalue weighted by atomic mass is 9.78. The Kier molecular flexibility index (Phi) is 15.8. The molecule has 2 aliphatic heterocycles. The smallest absolute Gasteiger partial charge is 0.335 e. The van der Waals surface area contributed by atoms with E-state index in [4.69, 9.17) is 9.97 Å². The Morgan fingerprint density at radius 3 is 0.935 bits per heavy atom. The number of nitrogens with zero attached hydrogens (tertiary/aromatic N) is 2. The maximum atomic E-state index is 11.7. The lowest BCUT2D eigenvalue weighted by Gasteiger charge is -2.26. The van der Waals surface area contributed by atoms with Crippen molar-refractivity contribution in [3.8, 4) is 57.1 Å². The number of hydrogen-bond donors (Lipinski definition) is 3. The summed E-state index contributed by atoms with van der Waals surface area (Å²) in [6.07, 6.45) is 8.74. The lowest BCUT2D eigenvalue weighted by Crippen LogP contribution is -2.16. The molecule has 0 unspecified atom stereocenters. The van der Waals surface area contributed by atoms with Crippen molar-refractivity contribution in [2.24, 2.45) is 0 Å². The Morgan fingerprint density at radius 2 is 0.613 bits per heavy atom. The van der Waals surface area contributed by atoms with Crippen LogP contribution in [0, 0.1) is 23.7 Å². The molecule has 7 aromatic carbocycles. The van der Waals surface area contributed by atoms with Gasteiger partial charge in [0.1, 0.15) is 0 Å². The maximum absolute atomic E-state index is 11.7. The van der Waals surface area contributed by atoms with E-state index in [-0.39, 0.29) is 38.1 Å². The number of nitrogens with one attached hydrogen (secondary N) is 2. The second-order valence-corrected chi connectivity index (χ2v) is 31.6. The van der Waals surface area contributed by atoms with E-state index in [2.05, 4.69) is 298 Å². The SMILES string of the molecule is CC(C)(C)c1cc(-c2c3nc(c(-c4cc(C(C)(C)C)cc(C(C)(C)C)c4)c4ccc([nH]4)c(-c4cc(C(C)(C)C)cc(C(C)(C)C)c4)c4nc(c(C#Cc5c6ccccc6c(C#Cc6ccc(C(=O)O)cc6)c6ccccc56)c5ccc2[nH]5)C=C4)C=C3)cc(C(C)(C)C)c1. The number of carbonyl (C=O) groups is 1. The summed E-state index contributed by atoms with van der Waals surface area (Å²) in [4.78, 5) is 31.5. The summed E-state index contributed by atoms with van der Waals surface area (Å²) in [5, 5.41) is 13.5. The van der Waals surface area contributed by atoms with Crippen LogP contribution in [0.3, 0.4) is 0 Å². The van der Waals surface area contributed by atoms with Gasteiger partial charge in [-0.3, -0.25) is 0 Å². The van der Waals surface area contributed by atoms with Gasteiger partial charge < -0.3 is 15.1 Å². The number of carboxylic acids is 1. The van der Waals surface area contributed by atoms with Crippen molar-refractivity contribution in [3.05, 3.63) is 236 Å². The highest BCUT2D eigenvalue weighted by molar-refractivity contribution is 6.10. The molecule has 0 aliphatic carbocycles. The molecule has 93 heavy (non-hydrogen) atoms. The molecule has 0 atom stereocenters. The summed E-state index contributed by atoms with van der Waals surface area (Å²) in [5.41, 5.74) is 23.2. The molecule has 2 aliphatic rings. The summed E-state index contributed by atoms with van der Waals surface area (Å²) in [6, 6.07) is 53.7. The van der Waals surface area contributed by atoms with Gasteiger partial charge in [-0.2, -0.15) is 0 Å². The van der Waals surface area contributed by atoms with Gasteiger partial charge in [0.05, 0.1) is 39.4 Å². The molecule has 0 spiro atoms. The molecule has 6 nitrogen and oxygen atoms in total. The van der Waals surface area contributed by atoms with E-state index in [0.717, 1.165) is 122 Å². The van der Waals surface area contributed by atoms with E-state index in [9.17, 15) is 9.90 Å². The fraction of sp³-hybridized carbons (Fsp3) is 0.276. The topological polar surface area (TPSA) is 94.7 Å². The molecular formula is C87H86N4O2. The minimum atomic E-state index is -0.973. The number of H-pyrrole nitrogens is 2. The summed E-state index contributed by atoms with van der Waals surface area (Å²) in [6.45, 7) is 41.4. The molecule has 0 saturated heterocycles. The van der Waals surface area contributed by atoms with Gasteiger partial charge in [-0.25, -0.2) is 14.8 Å². The molecular weight excluding hydrogens is 1130 g/mol. The first-order valence-corrected chi connectivity index (χ1v) is 32.6. The Labute approximate surface area is 550 Å². The van der Waals surface area contributed by atoms with Gasteiger partial charge in [-0.15, -0.1) is 0 Å². The maximum Gasteiger partial charge on any atom is 0.335 e. The minimum Gasteiger partial charge on any atom is -0.478 e. The van der Waals surface area contributed by atoms with Gasteiger partial charge in [-0.1, -0.05) is 251 Å². The number of rotatable bonds is 4. The summed E-state index contributed by atoms with van der Waals surface area (Å²) in [5.74, 6) is 13.5. The van der Waals surface area contributed by atoms with Crippen molar-refractivity contribution in [1.29, 1.82) is 0 Å². The molecule has 3 aromatic heterocycles. The molecule has 6 heteroatoms. The Balaban J connectivity index is 1.24. The molecule has 5 heterocycles. The van der Waals surface area contributed by atoms with Gasteiger partial charge >= 0.3 is 5.97 Å². The monoisotopic (exact) mass is 1220 g/mol. The normalized spacial score (nSPS) is 12.9. The van der Waals surface area contributed by atoms with Crippen LogP contribution < -0.4 is 0 Å². The van der Waals surface area contributed by atoms with Crippen LogP contribution in [0.25, 0.3) is 101 Å². The first-order valence-electron chi connectivity index (χ1n) is 32.6. The summed E-state index contributed by atoms with van der Waals surface area (Å²) < 4.78 is 0. The minimum absolute atomic E-state index is 0.135. The highest BCUT2D eigenvalue weighted by Gasteiger charge is 2.28. The Morgan fingerprint density at radius 1 is 0.333 bits per heavy atom. The Bertz CT molecular complexity index is 4880. The number of aromatic amines is 2. The van der Waals surface area contributed by atoms with Gasteiger partial charge in [-0.05, 0) is 177 Å². The summed E-state index contributed by atoms with van der Waals surface area (Å²) in [7, 11) is 0. The van der Waals surface area contributed by atoms with Crippen LogP contribution in [0.2, 0.25) is 0 Å². The fourth-order valence-electron chi connectivity index (χ4n) is 12.5. The van der Waals surface area contributed by atoms with Crippen LogP contribution in [0.5, 0.6) is 0 Å². The third-order valence-electron chi connectivity index (χ3n) is 18.3. The molecule has 12 rings (SSSR count). The summed E-state index contributed by atoms with van der Waals surface area (Å²) >= 11 is 0. The molecule has 0 radical (unpaired) electrons. The number of aromatic nitrogens is 4. The predicted octanol–water partition coefficient (Wildman–Crippen LogP) is 22.2. The second-order valence-electron chi connectivity index (χ2n) is 31.6. The van der Waals surface area contributed by atoms with Crippen molar-refractivity contribution in [1.82, 2.24) is 19.9 Å². The van der Waals surface area contributed by atoms with Crippen molar-refractivity contribution in [2.75, 3.05) is 0 Å². The van der Waals surface area contributed by atoms with E-state index in [1.807, 2.05) is 12.1 Å². The molecule has 10 aromatic rings. The zero-order chi connectivity index (χ0) is 66.5. The van der Waals surface area contributed by atoms with Crippen LogP contribution in [0.1, 0.15) is 213 Å². The third kappa shape index (κ3) is 12.7. The van der Waals surface area contributed by atoms with Crippen molar-refractivity contribution in [2.45, 2.75) is 157 Å². The van der Waals surface area contributed by atoms with Crippen LogP contribution in [-0.2, 0) is 32.5 Å². The molecule has 8 bridgehead atoms. The third-order valence-corrected chi connectivity index (χ3v) is 18.3. The van der Waals surface area contributed by atoms with Crippen LogP contribution >= 0.6 is 0 Å². The van der Waals surface area contributed by atoms with Crippen LogP contribution in [0.4, 0.5) is 0 Å². The standard InChI is InChI=1S/C87H86N4O2/c1-82(2,3)57-43-54(44-58(49-57)83(4,5)6)78-72-37-35-70(88-72)69(34-33-68-65-25-21-19-23-63(65)67(64-24-20-22-26-66(64)68)32-29-52-27-30-53(31-28-52)81(92)93)71-36-38-73(89-71)79(55-45-59(84(7,8)9)50-60(46-55)85(10,11)12)75-40-42-77(91-75)80(76-41-39-74(78)90-76)56-47-61(86(13,14)15)51-62(48-56)87(16,17)18/h19-28,30-31,35-51,88,91H,1-18H3,(H,92,93). The molecule has 0 fully saturated rings. The number of benzene rings is 7. The van der Waals surface area contributed by atoms with Crippen molar-refractivity contribution >= 4 is 73.9 Å². The van der Waals surface area contributed by atoms with E-state index < -0.39 is 5.97 Å². The van der Waals surface area contributed by atoms with E-state index in [1.54, 1.807) is 24.3 Å². The quantitative estimate of drug-likeness (QED) is 0.121. The Hall–Kier alpha value is -9.75.